The summed E-state index contributed by atoms with van der Waals surface area (Å²) in [5.41, 5.74) is 1.30. The number of hydrogen-bond donors (Lipinski definition) is 0. The topological polar surface area (TPSA) is 23.6 Å². The molecule has 2 fully saturated rings. The van der Waals surface area contributed by atoms with Crippen molar-refractivity contribution in [1.29, 1.82) is 0 Å². The second kappa shape index (κ2) is 12.7. The lowest BCUT2D eigenvalue weighted by Gasteiger charge is -2.35. The molecule has 2 saturated heterocycles. The summed E-state index contributed by atoms with van der Waals surface area (Å²) in [4.78, 5) is 3.45. The molecule has 3 nitrogen and oxygen atoms in total. The molecule has 4 heteroatoms. The number of likely N-dealkylation sites (tertiary alicyclic amines) is 1. The van der Waals surface area contributed by atoms with Gasteiger partial charge in [-0.15, -0.1) is 0 Å². The van der Waals surface area contributed by atoms with Gasteiger partial charge in [0.25, 0.3) is 0 Å². The van der Waals surface area contributed by atoms with Crippen molar-refractivity contribution in [1.82, 2.24) is 9.21 Å². The van der Waals surface area contributed by atoms with Crippen LogP contribution < -0.4 is 0 Å². The Hall–Kier alpha value is -0.710. The van der Waals surface area contributed by atoms with Crippen molar-refractivity contribution in [3.63, 3.8) is 0 Å². The predicted octanol–water partition coefficient (Wildman–Crippen LogP) is 5.54. The SMILES string of the molecule is C=C/C(=C\C=C(/C)C(C)C)S(=O)N1CCC(N2CCCC2)CC1.CC(C)C. The fraction of sp³-hybridized carbons (Fsp3) is 0.739. The predicted molar refractivity (Wildman–Crippen MR) is 121 cm³/mol. The lowest BCUT2D eigenvalue weighted by Crippen LogP contribution is -2.44. The van der Waals surface area contributed by atoms with Gasteiger partial charge in [0.2, 0.25) is 0 Å². The highest BCUT2D eigenvalue weighted by Crippen LogP contribution is 2.23. The lowest BCUT2D eigenvalue weighted by molar-refractivity contribution is 0.171. The van der Waals surface area contributed by atoms with E-state index in [1.807, 2.05) is 6.08 Å². The lowest BCUT2D eigenvalue weighted by atomic mass is 10.1. The standard InChI is InChI=1S/C19H32N2OS.C4H10/c1-5-19(9-8-17(4)16(2)3)23(22)21-14-10-18(11-15-21)20-12-6-7-13-20;1-4(2)3/h5,8-9,16,18H,1,6-7,10-15H2,2-4H3;4H,1-3H3/b17-8+,19-9+;. The van der Waals surface area contributed by atoms with E-state index in [4.69, 9.17) is 0 Å². The van der Waals surface area contributed by atoms with Crippen molar-refractivity contribution < 1.29 is 4.21 Å². The van der Waals surface area contributed by atoms with Crippen LogP contribution in [0.15, 0.2) is 35.3 Å². The van der Waals surface area contributed by atoms with Crippen molar-refractivity contribution >= 4 is 11.0 Å². The zero-order chi connectivity index (χ0) is 20.4. The second-order valence-corrected chi connectivity index (χ2v) is 10.2. The number of hydrogen-bond acceptors (Lipinski definition) is 2. The molecule has 156 valence electrons. The Morgan fingerprint density at radius 3 is 1.96 bits per heavy atom. The first-order chi connectivity index (χ1) is 12.8. The monoisotopic (exact) mass is 394 g/mol. The minimum Gasteiger partial charge on any atom is -0.300 e. The first-order valence-electron chi connectivity index (χ1n) is 10.7. The Kier molecular flexibility index (Phi) is 11.4. The van der Waals surface area contributed by atoms with Crippen LogP contribution in [0.1, 0.15) is 67.2 Å². The van der Waals surface area contributed by atoms with Gasteiger partial charge < -0.3 is 4.90 Å². The average Bonchev–Trinajstić information content (AvgIpc) is 3.16. The summed E-state index contributed by atoms with van der Waals surface area (Å²) >= 11 is 0. The molecule has 0 amide bonds. The number of allylic oxidation sites excluding steroid dienone is 4. The van der Waals surface area contributed by atoms with Crippen LogP contribution in [0.4, 0.5) is 0 Å². The highest BCUT2D eigenvalue weighted by atomic mass is 32.2. The molecule has 0 bridgehead atoms. The zero-order valence-electron chi connectivity index (χ0n) is 18.5. The van der Waals surface area contributed by atoms with Gasteiger partial charge in [-0.2, -0.15) is 0 Å². The Morgan fingerprint density at radius 2 is 1.52 bits per heavy atom. The van der Waals surface area contributed by atoms with E-state index in [2.05, 4.69) is 63.4 Å². The molecule has 0 spiro atoms. The third-order valence-corrected chi connectivity index (χ3v) is 6.68. The fourth-order valence-electron chi connectivity index (χ4n) is 3.23. The van der Waals surface area contributed by atoms with Crippen LogP contribution in [0, 0.1) is 11.8 Å². The Labute approximate surface area is 171 Å². The first kappa shape index (κ1) is 24.3. The second-order valence-electron chi connectivity index (χ2n) is 8.72. The summed E-state index contributed by atoms with van der Waals surface area (Å²) < 4.78 is 14.9. The number of piperidine rings is 1. The van der Waals surface area contributed by atoms with Crippen LogP contribution in [0.2, 0.25) is 0 Å². The molecule has 2 heterocycles. The maximum absolute atomic E-state index is 12.8. The van der Waals surface area contributed by atoms with Gasteiger partial charge in [0.05, 0.1) is 4.91 Å². The molecule has 27 heavy (non-hydrogen) atoms. The van der Waals surface area contributed by atoms with Crippen LogP contribution >= 0.6 is 0 Å². The quantitative estimate of drug-likeness (QED) is 0.552. The van der Waals surface area contributed by atoms with Crippen molar-refractivity contribution in [2.45, 2.75) is 73.3 Å². The molecule has 2 aliphatic rings. The minimum absolute atomic E-state index is 0.516. The van der Waals surface area contributed by atoms with Crippen molar-refractivity contribution in [3.8, 4) is 0 Å². The van der Waals surface area contributed by atoms with E-state index in [1.165, 1.54) is 31.5 Å². The summed E-state index contributed by atoms with van der Waals surface area (Å²) in [6.07, 6.45) is 10.8. The minimum atomic E-state index is -1.08. The smallest absolute Gasteiger partial charge is 0.127 e. The maximum Gasteiger partial charge on any atom is 0.127 e. The van der Waals surface area contributed by atoms with Gasteiger partial charge in [0.15, 0.2) is 0 Å². The highest BCUT2D eigenvalue weighted by Gasteiger charge is 2.28. The average molecular weight is 395 g/mol. The molecular weight excluding hydrogens is 352 g/mol. The van der Waals surface area contributed by atoms with Crippen LogP contribution in [0.5, 0.6) is 0 Å². The molecule has 0 aromatic carbocycles. The van der Waals surface area contributed by atoms with Crippen LogP contribution in [-0.2, 0) is 11.0 Å². The van der Waals surface area contributed by atoms with Gasteiger partial charge in [-0.1, -0.05) is 58.9 Å². The van der Waals surface area contributed by atoms with E-state index in [1.54, 1.807) is 6.08 Å². The molecular formula is C23H42N2OS. The van der Waals surface area contributed by atoms with Gasteiger partial charge in [-0.05, 0) is 63.6 Å². The van der Waals surface area contributed by atoms with E-state index in [0.29, 0.717) is 12.0 Å². The van der Waals surface area contributed by atoms with Gasteiger partial charge in [0.1, 0.15) is 11.0 Å². The van der Waals surface area contributed by atoms with Crippen molar-refractivity contribution in [2.75, 3.05) is 26.2 Å². The summed E-state index contributed by atoms with van der Waals surface area (Å²) in [5, 5.41) is 0. The normalized spacial score (nSPS) is 22.1. The maximum atomic E-state index is 12.8. The van der Waals surface area contributed by atoms with E-state index in [9.17, 15) is 4.21 Å². The molecule has 1 unspecified atom stereocenters. The Bertz CT molecular complexity index is 520. The molecule has 0 aromatic rings. The van der Waals surface area contributed by atoms with Crippen molar-refractivity contribution in [2.24, 2.45) is 11.8 Å². The third-order valence-electron chi connectivity index (χ3n) is 5.14. The molecule has 1 atom stereocenters. The molecule has 0 aliphatic carbocycles. The van der Waals surface area contributed by atoms with Crippen molar-refractivity contribution in [3.05, 3.63) is 35.3 Å². The zero-order valence-corrected chi connectivity index (χ0v) is 19.4. The molecule has 0 N–H and O–H groups in total. The summed E-state index contributed by atoms with van der Waals surface area (Å²) in [6, 6.07) is 0.699. The van der Waals surface area contributed by atoms with E-state index < -0.39 is 11.0 Å². The molecule has 0 saturated carbocycles. The fourth-order valence-corrected chi connectivity index (χ4v) is 4.40. The third kappa shape index (κ3) is 8.89. The Balaban J connectivity index is 0.000000828. The summed E-state index contributed by atoms with van der Waals surface area (Å²) in [5.74, 6) is 1.35. The van der Waals surface area contributed by atoms with E-state index in [-0.39, 0.29) is 0 Å². The van der Waals surface area contributed by atoms with Crippen LogP contribution in [0.25, 0.3) is 0 Å². The van der Waals surface area contributed by atoms with E-state index >= 15 is 0 Å². The first-order valence-corrected chi connectivity index (χ1v) is 11.8. The van der Waals surface area contributed by atoms with E-state index in [0.717, 1.165) is 36.8 Å². The summed E-state index contributed by atoms with van der Waals surface area (Å²) in [7, 11) is -1.08. The van der Waals surface area contributed by atoms with Crippen LogP contribution in [-0.4, -0.2) is 45.6 Å². The van der Waals surface area contributed by atoms with Gasteiger partial charge in [-0.3, -0.25) is 0 Å². The molecule has 0 aromatic heterocycles. The number of nitrogens with zero attached hydrogens (tertiary/aromatic N) is 2. The van der Waals surface area contributed by atoms with Crippen LogP contribution in [0.3, 0.4) is 0 Å². The summed E-state index contributed by atoms with van der Waals surface area (Å²) in [6.45, 7) is 21.2. The van der Waals surface area contributed by atoms with Gasteiger partial charge >= 0.3 is 0 Å². The molecule has 2 rings (SSSR count). The number of rotatable bonds is 6. The van der Waals surface area contributed by atoms with Gasteiger partial charge in [-0.25, -0.2) is 8.51 Å². The molecule has 0 radical (unpaired) electrons. The molecule has 2 aliphatic heterocycles. The largest absolute Gasteiger partial charge is 0.300 e. The highest BCUT2D eigenvalue weighted by molar-refractivity contribution is 7.86. The Morgan fingerprint density at radius 1 is 1.00 bits per heavy atom. The van der Waals surface area contributed by atoms with Gasteiger partial charge in [0, 0.05) is 19.1 Å².